The Labute approximate surface area is 114 Å². The second kappa shape index (κ2) is 5.60. The average Bonchev–Trinajstić information content (AvgIpc) is 2.11. The first-order chi connectivity index (χ1) is 8.49. The van der Waals surface area contributed by atoms with Gasteiger partial charge in [-0.05, 0) is 25.1 Å². The van der Waals surface area contributed by atoms with Crippen LogP contribution in [0.2, 0.25) is 0 Å². The third-order valence-electron chi connectivity index (χ3n) is 2.23. The number of benzene rings is 1. The van der Waals surface area contributed by atoms with Crippen molar-refractivity contribution < 1.29 is 26.3 Å². The van der Waals surface area contributed by atoms with E-state index in [1.54, 1.807) is 0 Å². The highest BCUT2D eigenvalue weighted by Gasteiger charge is 2.35. The molecule has 1 aromatic rings. The lowest BCUT2D eigenvalue weighted by Crippen LogP contribution is -2.25. The van der Waals surface area contributed by atoms with Crippen molar-refractivity contribution in [3.05, 3.63) is 28.2 Å². The quantitative estimate of drug-likeness (QED) is 0.737. The molecule has 0 aliphatic rings. The van der Waals surface area contributed by atoms with Crippen molar-refractivity contribution >= 4 is 21.6 Å². The first kappa shape index (κ1) is 16.1. The molecule has 1 N–H and O–H groups in total. The Morgan fingerprint density at radius 3 is 2.21 bits per heavy atom. The van der Waals surface area contributed by atoms with Gasteiger partial charge >= 0.3 is 12.4 Å². The van der Waals surface area contributed by atoms with E-state index in [9.17, 15) is 26.3 Å². The van der Waals surface area contributed by atoms with Crippen LogP contribution in [0, 0.1) is 0 Å². The van der Waals surface area contributed by atoms with Crippen LogP contribution < -0.4 is 5.32 Å². The lowest BCUT2D eigenvalue weighted by molar-refractivity contribution is -0.137. The fourth-order valence-electron chi connectivity index (χ4n) is 1.55. The SMILES string of the molecule is CC(CC(F)(F)F)Nc1cc(Br)ccc1C(F)(F)F. The molecule has 1 atom stereocenters. The Morgan fingerprint density at radius 1 is 1.16 bits per heavy atom. The molecule has 0 fully saturated rings. The van der Waals surface area contributed by atoms with Crippen LogP contribution in [-0.2, 0) is 6.18 Å². The molecular formula is C11H10BrF6N. The highest BCUT2D eigenvalue weighted by molar-refractivity contribution is 9.10. The molecule has 0 heterocycles. The van der Waals surface area contributed by atoms with E-state index in [4.69, 9.17) is 0 Å². The number of anilines is 1. The van der Waals surface area contributed by atoms with Crippen LogP contribution in [0.5, 0.6) is 0 Å². The molecule has 0 aromatic heterocycles. The van der Waals surface area contributed by atoms with Crippen LogP contribution in [0.1, 0.15) is 18.9 Å². The van der Waals surface area contributed by atoms with Gasteiger partial charge in [-0.3, -0.25) is 0 Å². The smallest absolute Gasteiger partial charge is 0.382 e. The molecular weight excluding hydrogens is 340 g/mol. The van der Waals surface area contributed by atoms with E-state index in [1.807, 2.05) is 0 Å². The van der Waals surface area contributed by atoms with Gasteiger partial charge in [0.05, 0.1) is 12.0 Å². The lowest BCUT2D eigenvalue weighted by Gasteiger charge is -2.20. The molecule has 0 bridgehead atoms. The summed E-state index contributed by atoms with van der Waals surface area (Å²) < 4.78 is 74.9. The Morgan fingerprint density at radius 2 is 1.74 bits per heavy atom. The zero-order chi connectivity index (χ0) is 14.8. The molecule has 1 nitrogen and oxygen atoms in total. The average molecular weight is 350 g/mol. The summed E-state index contributed by atoms with van der Waals surface area (Å²) in [6.45, 7) is 1.18. The maximum absolute atomic E-state index is 12.7. The van der Waals surface area contributed by atoms with Gasteiger partial charge in [-0.2, -0.15) is 26.3 Å². The minimum atomic E-state index is -4.62. The van der Waals surface area contributed by atoms with Crippen LogP contribution in [0.4, 0.5) is 32.0 Å². The maximum Gasteiger partial charge on any atom is 0.418 e. The van der Waals surface area contributed by atoms with Crippen molar-refractivity contribution in [2.45, 2.75) is 31.7 Å². The van der Waals surface area contributed by atoms with Gasteiger partial charge in [0.1, 0.15) is 0 Å². The Hall–Kier alpha value is -0.920. The molecule has 0 saturated carbocycles. The molecule has 0 aliphatic carbocycles. The van der Waals surface area contributed by atoms with E-state index in [1.165, 1.54) is 13.0 Å². The van der Waals surface area contributed by atoms with Gasteiger partial charge in [0.15, 0.2) is 0 Å². The molecule has 1 aromatic carbocycles. The minimum Gasteiger partial charge on any atom is -0.382 e. The zero-order valence-corrected chi connectivity index (χ0v) is 11.2. The zero-order valence-electron chi connectivity index (χ0n) is 9.66. The van der Waals surface area contributed by atoms with E-state index >= 15 is 0 Å². The van der Waals surface area contributed by atoms with Crippen molar-refractivity contribution in [1.29, 1.82) is 0 Å². The molecule has 0 amide bonds. The van der Waals surface area contributed by atoms with Gasteiger partial charge in [0.2, 0.25) is 0 Å². The fraction of sp³-hybridized carbons (Fsp3) is 0.455. The number of hydrogen-bond acceptors (Lipinski definition) is 1. The van der Waals surface area contributed by atoms with E-state index in [-0.39, 0.29) is 5.69 Å². The van der Waals surface area contributed by atoms with Crippen LogP contribution in [0.15, 0.2) is 22.7 Å². The molecule has 0 aliphatic heterocycles. The monoisotopic (exact) mass is 349 g/mol. The topological polar surface area (TPSA) is 12.0 Å². The lowest BCUT2D eigenvalue weighted by atomic mass is 10.1. The Kier molecular flexibility index (Phi) is 4.76. The molecule has 0 saturated heterocycles. The largest absolute Gasteiger partial charge is 0.418 e. The van der Waals surface area contributed by atoms with Crippen molar-refractivity contribution in [3.63, 3.8) is 0 Å². The van der Waals surface area contributed by atoms with Gasteiger partial charge in [0, 0.05) is 16.2 Å². The predicted molar refractivity (Wildman–Crippen MR) is 62.9 cm³/mol. The van der Waals surface area contributed by atoms with Crippen molar-refractivity contribution in [2.24, 2.45) is 0 Å². The summed E-state index contributed by atoms with van der Waals surface area (Å²) in [6, 6.07) is 1.94. The van der Waals surface area contributed by atoms with E-state index in [0.29, 0.717) is 4.47 Å². The first-order valence-electron chi connectivity index (χ1n) is 5.19. The number of nitrogens with one attached hydrogen (secondary N) is 1. The van der Waals surface area contributed by atoms with Gasteiger partial charge in [-0.1, -0.05) is 15.9 Å². The van der Waals surface area contributed by atoms with Crippen LogP contribution in [-0.4, -0.2) is 12.2 Å². The second-order valence-corrected chi connectivity index (χ2v) is 4.97. The van der Waals surface area contributed by atoms with Crippen LogP contribution in [0.3, 0.4) is 0 Å². The molecule has 0 radical (unpaired) electrons. The normalized spacial score (nSPS) is 14.3. The summed E-state index contributed by atoms with van der Waals surface area (Å²) in [7, 11) is 0. The summed E-state index contributed by atoms with van der Waals surface area (Å²) in [5.41, 5.74) is -1.37. The molecule has 1 unspecified atom stereocenters. The predicted octanol–water partition coefficient (Wildman–Crippen LogP) is 5.22. The summed E-state index contributed by atoms with van der Waals surface area (Å²) >= 11 is 2.98. The van der Waals surface area contributed by atoms with Crippen molar-refractivity contribution in [2.75, 3.05) is 5.32 Å². The van der Waals surface area contributed by atoms with E-state index in [0.717, 1.165) is 12.1 Å². The summed E-state index contributed by atoms with van der Waals surface area (Å²) in [5.74, 6) is 0. The summed E-state index contributed by atoms with van der Waals surface area (Å²) in [6.07, 6.45) is -10.3. The molecule has 0 spiro atoms. The summed E-state index contributed by atoms with van der Waals surface area (Å²) in [4.78, 5) is 0. The second-order valence-electron chi connectivity index (χ2n) is 4.05. The highest BCUT2D eigenvalue weighted by Crippen LogP contribution is 2.37. The maximum atomic E-state index is 12.7. The van der Waals surface area contributed by atoms with Gasteiger partial charge in [-0.25, -0.2) is 0 Å². The van der Waals surface area contributed by atoms with Gasteiger partial charge in [-0.15, -0.1) is 0 Å². The molecule has 108 valence electrons. The first-order valence-corrected chi connectivity index (χ1v) is 5.98. The van der Waals surface area contributed by atoms with Crippen LogP contribution in [0.25, 0.3) is 0 Å². The third kappa shape index (κ3) is 5.30. The van der Waals surface area contributed by atoms with Crippen molar-refractivity contribution in [1.82, 2.24) is 0 Å². The molecule has 19 heavy (non-hydrogen) atoms. The van der Waals surface area contributed by atoms with Crippen LogP contribution >= 0.6 is 15.9 Å². The Bertz CT molecular complexity index is 440. The van der Waals surface area contributed by atoms with Gasteiger partial charge < -0.3 is 5.32 Å². The summed E-state index contributed by atoms with van der Waals surface area (Å²) in [5, 5.41) is 2.24. The standard InChI is InChI=1S/C11H10BrF6N/c1-6(5-10(13,14)15)19-9-4-7(12)2-3-8(9)11(16,17)18/h2-4,6,19H,5H2,1H3. The Balaban J connectivity index is 2.97. The number of rotatable bonds is 3. The minimum absolute atomic E-state index is 0.349. The van der Waals surface area contributed by atoms with E-state index in [2.05, 4.69) is 21.2 Å². The molecule has 8 heteroatoms. The fourth-order valence-corrected chi connectivity index (χ4v) is 1.91. The van der Waals surface area contributed by atoms with Crippen molar-refractivity contribution in [3.8, 4) is 0 Å². The third-order valence-corrected chi connectivity index (χ3v) is 2.72. The number of halogens is 7. The number of alkyl halides is 6. The molecule has 1 rings (SSSR count). The highest BCUT2D eigenvalue weighted by atomic mass is 79.9. The van der Waals surface area contributed by atoms with Gasteiger partial charge in [0.25, 0.3) is 0 Å². The van der Waals surface area contributed by atoms with E-state index < -0.39 is 30.4 Å². The number of hydrogen-bond donors (Lipinski definition) is 1.